The van der Waals surface area contributed by atoms with E-state index in [1.54, 1.807) is 20.0 Å². The summed E-state index contributed by atoms with van der Waals surface area (Å²) >= 11 is 0. The Hall–Kier alpha value is -3.09. The zero-order valence-corrected chi connectivity index (χ0v) is 14.3. The maximum atomic E-state index is 12.9. The van der Waals surface area contributed by atoms with E-state index >= 15 is 0 Å². The molecule has 0 bridgehead atoms. The highest BCUT2D eigenvalue weighted by molar-refractivity contribution is 5.80. The molecular weight excluding hydrogens is 322 g/mol. The molecule has 1 aromatic carbocycles. The highest BCUT2D eigenvalue weighted by atomic mass is 16.5. The summed E-state index contributed by atoms with van der Waals surface area (Å²) in [6.45, 7) is 1.73. The predicted molar refractivity (Wildman–Crippen MR) is 93.8 cm³/mol. The van der Waals surface area contributed by atoms with E-state index in [1.807, 2.05) is 24.3 Å². The fourth-order valence-electron chi connectivity index (χ4n) is 3.19. The lowest BCUT2D eigenvalue weighted by Crippen LogP contribution is -2.27. The molecule has 130 valence electrons. The summed E-state index contributed by atoms with van der Waals surface area (Å²) in [5.74, 6) is -1.18. The van der Waals surface area contributed by atoms with Crippen molar-refractivity contribution in [2.45, 2.75) is 19.3 Å². The normalized spacial score (nSPS) is 12.3. The second-order valence-electron chi connectivity index (χ2n) is 5.97. The van der Waals surface area contributed by atoms with Crippen molar-refractivity contribution in [3.8, 4) is 0 Å². The van der Waals surface area contributed by atoms with Gasteiger partial charge in [-0.05, 0) is 24.4 Å². The number of aromatic nitrogens is 3. The molecular formula is C18H19N3O4. The topological polar surface area (TPSA) is 96.9 Å². The van der Waals surface area contributed by atoms with E-state index in [-0.39, 0.29) is 17.5 Å². The Kier molecular flexibility index (Phi) is 4.31. The standard InChI is InChI=1S/C18H19N3O4/c1-10-16(17(23)20-19-10)12(9-15(22)25-3)13-8-11-6-4-5-7-14(11)21(2)18(13)24/h4-8,12H,9H2,1-3H3,(H2,19,20,23). The number of nitrogens with zero attached hydrogens (tertiary/aromatic N) is 1. The van der Waals surface area contributed by atoms with Gasteiger partial charge in [0.25, 0.3) is 11.1 Å². The lowest BCUT2D eigenvalue weighted by atomic mass is 9.88. The van der Waals surface area contributed by atoms with Crippen molar-refractivity contribution in [2.24, 2.45) is 7.05 Å². The summed E-state index contributed by atoms with van der Waals surface area (Å²) in [7, 11) is 2.96. The maximum Gasteiger partial charge on any atom is 0.306 e. The van der Waals surface area contributed by atoms with E-state index in [2.05, 4.69) is 10.2 Å². The zero-order valence-electron chi connectivity index (χ0n) is 14.3. The molecule has 0 aliphatic rings. The first-order chi connectivity index (χ1) is 11.9. The van der Waals surface area contributed by atoms with E-state index in [4.69, 9.17) is 4.74 Å². The number of aryl methyl sites for hydroxylation is 2. The summed E-state index contributed by atoms with van der Waals surface area (Å²) in [5.41, 5.74) is 1.55. The van der Waals surface area contributed by atoms with Crippen LogP contribution in [0.25, 0.3) is 10.9 Å². The predicted octanol–water partition coefficient (Wildman–Crippen LogP) is 1.56. The molecule has 1 atom stereocenters. The van der Waals surface area contributed by atoms with Crippen molar-refractivity contribution in [2.75, 3.05) is 7.11 Å². The first-order valence-corrected chi connectivity index (χ1v) is 7.86. The van der Waals surface area contributed by atoms with Crippen molar-refractivity contribution in [1.82, 2.24) is 14.8 Å². The fraction of sp³-hybridized carbons (Fsp3) is 0.278. The number of carbonyl (C=O) groups is 1. The first kappa shape index (κ1) is 16.8. The molecule has 0 aliphatic heterocycles. The van der Waals surface area contributed by atoms with Crippen LogP contribution in [0.4, 0.5) is 0 Å². The Balaban J connectivity index is 2.28. The molecule has 0 aliphatic carbocycles. The number of ether oxygens (including phenoxy) is 1. The third-order valence-corrected chi connectivity index (χ3v) is 4.50. The SMILES string of the molecule is COC(=O)CC(c1c(C)[nH][nH]c1=O)c1cc2ccccc2n(C)c1=O. The molecule has 2 heterocycles. The Morgan fingerprint density at radius 2 is 1.96 bits per heavy atom. The van der Waals surface area contributed by atoms with Crippen LogP contribution in [0.2, 0.25) is 0 Å². The van der Waals surface area contributed by atoms with Crippen molar-refractivity contribution in [3.63, 3.8) is 0 Å². The smallest absolute Gasteiger partial charge is 0.306 e. The van der Waals surface area contributed by atoms with Gasteiger partial charge in [0, 0.05) is 29.8 Å². The molecule has 2 aromatic heterocycles. The molecule has 3 aromatic rings. The Labute approximate surface area is 143 Å². The molecule has 0 amide bonds. The number of para-hydroxylation sites is 1. The van der Waals surface area contributed by atoms with Gasteiger partial charge in [-0.25, -0.2) is 0 Å². The van der Waals surface area contributed by atoms with Gasteiger partial charge in [-0.1, -0.05) is 18.2 Å². The van der Waals surface area contributed by atoms with Gasteiger partial charge >= 0.3 is 5.97 Å². The molecule has 0 saturated heterocycles. The average molecular weight is 341 g/mol. The largest absolute Gasteiger partial charge is 0.469 e. The minimum atomic E-state index is -0.689. The summed E-state index contributed by atoms with van der Waals surface area (Å²) < 4.78 is 6.30. The van der Waals surface area contributed by atoms with Crippen LogP contribution in [0.1, 0.15) is 29.2 Å². The highest BCUT2D eigenvalue weighted by Gasteiger charge is 2.27. The number of aromatic amines is 2. The average Bonchev–Trinajstić information content (AvgIpc) is 2.94. The van der Waals surface area contributed by atoms with Crippen molar-refractivity contribution >= 4 is 16.9 Å². The summed E-state index contributed by atoms with van der Waals surface area (Å²) in [4.78, 5) is 37.1. The van der Waals surface area contributed by atoms with Crippen LogP contribution in [0.3, 0.4) is 0 Å². The second kappa shape index (κ2) is 6.43. The number of hydrogen-bond acceptors (Lipinski definition) is 4. The number of nitrogens with one attached hydrogen (secondary N) is 2. The van der Waals surface area contributed by atoms with Crippen molar-refractivity contribution in [1.29, 1.82) is 0 Å². The molecule has 25 heavy (non-hydrogen) atoms. The van der Waals surface area contributed by atoms with E-state index in [9.17, 15) is 14.4 Å². The third kappa shape index (κ3) is 2.88. The molecule has 3 rings (SSSR count). The molecule has 2 N–H and O–H groups in total. The van der Waals surface area contributed by atoms with Crippen LogP contribution < -0.4 is 11.1 Å². The van der Waals surface area contributed by atoms with Crippen LogP contribution in [0, 0.1) is 6.92 Å². The summed E-state index contributed by atoms with van der Waals surface area (Å²) in [6, 6.07) is 9.22. The van der Waals surface area contributed by atoms with Gasteiger partial charge in [-0.15, -0.1) is 0 Å². The van der Waals surface area contributed by atoms with Crippen LogP contribution >= 0.6 is 0 Å². The van der Waals surface area contributed by atoms with Gasteiger partial charge in [0.15, 0.2) is 0 Å². The highest BCUT2D eigenvalue weighted by Crippen LogP contribution is 2.27. The lowest BCUT2D eigenvalue weighted by molar-refractivity contribution is -0.140. The molecule has 0 fully saturated rings. The summed E-state index contributed by atoms with van der Waals surface area (Å²) in [6.07, 6.45) is -0.0914. The quantitative estimate of drug-likeness (QED) is 0.704. The Bertz CT molecular complexity index is 1060. The molecule has 7 nitrogen and oxygen atoms in total. The van der Waals surface area contributed by atoms with E-state index in [1.165, 1.54) is 11.7 Å². The van der Waals surface area contributed by atoms with Gasteiger partial charge in [0.2, 0.25) is 0 Å². The second-order valence-corrected chi connectivity index (χ2v) is 5.97. The number of esters is 1. The molecule has 0 saturated carbocycles. The number of rotatable bonds is 4. The van der Waals surface area contributed by atoms with Crippen LogP contribution in [0.5, 0.6) is 0 Å². The van der Waals surface area contributed by atoms with Gasteiger partial charge in [-0.2, -0.15) is 0 Å². The van der Waals surface area contributed by atoms with Gasteiger partial charge < -0.3 is 14.4 Å². The number of H-pyrrole nitrogens is 2. The zero-order chi connectivity index (χ0) is 18.1. The van der Waals surface area contributed by atoms with E-state index in [0.717, 1.165) is 10.9 Å². The van der Waals surface area contributed by atoms with Crippen molar-refractivity contribution in [3.05, 3.63) is 67.9 Å². The van der Waals surface area contributed by atoms with E-state index < -0.39 is 11.9 Å². The van der Waals surface area contributed by atoms with Crippen molar-refractivity contribution < 1.29 is 9.53 Å². The number of carbonyl (C=O) groups excluding carboxylic acids is 1. The minimum Gasteiger partial charge on any atom is -0.469 e. The molecule has 7 heteroatoms. The van der Waals surface area contributed by atoms with E-state index in [0.29, 0.717) is 16.8 Å². The Morgan fingerprint density at radius 1 is 1.24 bits per heavy atom. The molecule has 1 unspecified atom stereocenters. The monoisotopic (exact) mass is 341 g/mol. The summed E-state index contributed by atoms with van der Waals surface area (Å²) in [5, 5.41) is 6.12. The van der Waals surface area contributed by atoms with Crippen LogP contribution in [0.15, 0.2) is 39.9 Å². The minimum absolute atomic E-state index is 0.0914. The van der Waals surface area contributed by atoms with Crippen LogP contribution in [-0.4, -0.2) is 27.8 Å². The van der Waals surface area contributed by atoms with Gasteiger partial charge in [-0.3, -0.25) is 19.5 Å². The maximum absolute atomic E-state index is 12.9. The third-order valence-electron chi connectivity index (χ3n) is 4.50. The number of fused-ring (bicyclic) bond motifs is 1. The van der Waals surface area contributed by atoms with Gasteiger partial charge in [0.05, 0.1) is 19.0 Å². The van der Waals surface area contributed by atoms with Gasteiger partial charge in [0.1, 0.15) is 0 Å². The fourth-order valence-corrected chi connectivity index (χ4v) is 3.19. The first-order valence-electron chi connectivity index (χ1n) is 7.86. The molecule has 0 spiro atoms. The number of methoxy groups -OCH3 is 1. The Morgan fingerprint density at radius 3 is 2.60 bits per heavy atom. The molecule has 0 radical (unpaired) electrons. The number of benzene rings is 1. The number of hydrogen-bond donors (Lipinski definition) is 2. The van der Waals surface area contributed by atoms with Crippen LogP contribution in [-0.2, 0) is 16.6 Å². The number of pyridine rings is 1. The lowest BCUT2D eigenvalue weighted by Gasteiger charge is -2.17.